The van der Waals surface area contributed by atoms with Crippen LogP contribution in [0.15, 0.2) is 12.1 Å². The molecule has 0 aliphatic rings. The van der Waals surface area contributed by atoms with Crippen molar-refractivity contribution in [1.82, 2.24) is 0 Å². The van der Waals surface area contributed by atoms with Crippen molar-refractivity contribution in [3.63, 3.8) is 0 Å². The topological polar surface area (TPSA) is 29.5 Å². The van der Waals surface area contributed by atoms with Crippen molar-refractivity contribution in [2.24, 2.45) is 0 Å². The number of rotatable bonds is 4. The van der Waals surface area contributed by atoms with Crippen molar-refractivity contribution in [3.8, 4) is 11.5 Å². The average Bonchev–Trinajstić information content (AvgIpc) is 2.28. The van der Waals surface area contributed by atoms with Gasteiger partial charge in [0.25, 0.3) is 0 Å². The molecule has 20 heavy (non-hydrogen) atoms. The van der Waals surface area contributed by atoms with Crippen molar-refractivity contribution < 1.29 is 9.84 Å². The van der Waals surface area contributed by atoms with Gasteiger partial charge >= 0.3 is 0 Å². The van der Waals surface area contributed by atoms with Gasteiger partial charge in [0.15, 0.2) is 0 Å². The lowest BCUT2D eigenvalue weighted by Gasteiger charge is -2.27. The van der Waals surface area contributed by atoms with Gasteiger partial charge in [-0.1, -0.05) is 54.9 Å². The summed E-state index contributed by atoms with van der Waals surface area (Å²) in [5.74, 6) is 1.28. The molecule has 0 fully saturated rings. The number of hydrogen-bond acceptors (Lipinski definition) is 2. The lowest BCUT2D eigenvalue weighted by molar-refractivity contribution is 0.299. The minimum atomic E-state index is -0.0939. The number of aromatic hydroxyl groups is 1. The van der Waals surface area contributed by atoms with E-state index in [1.54, 1.807) is 0 Å². The minimum absolute atomic E-state index is 0.0462. The molecule has 0 aromatic heterocycles. The van der Waals surface area contributed by atoms with Crippen LogP contribution in [0.5, 0.6) is 11.5 Å². The lowest BCUT2D eigenvalue weighted by Crippen LogP contribution is -2.17. The second-order valence-electron chi connectivity index (χ2n) is 7.57. The average molecular weight is 278 g/mol. The first-order valence-corrected chi connectivity index (χ1v) is 7.58. The third-order valence-electron chi connectivity index (χ3n) is 3.47. The molecule has 2 nitrogen and oxygen atoms in total. The summed E-state index contributed by atoms with van der Waals surface area (Å²) in [6, 6.07) is 3.90. The maximum absolute atomic E-state index is 10.3. The second kappa shape index (κ2) is 6.07. The number of phenols is 1. The van der Waals surface area contributed by atoms with Gasteiger partial charge in [-0.3, -0.25) is 0 Å². The van der Waals surface area contributed by atoms with Crippen LogP contribution >= 0.6 is 0 Å². The van der Waals surface area contributed by atoms with E-state index in [9.17, 15) is 5.11 Å². The van der Waals surface area contributed by atoms with Crippen LogP contribution in [0.25, 0.3) is 0 Å². The molecule has 1 aromatic carbocycles. The Bertz CT molecular complexity index is 448. The van der Waals surface area contributed by atoms with Crippen LogP contribution in [0.2, 0.25) is 0 Å². The van der Waals surface area contributed by atoms with E-state index in [2.05, 4.69) is 48.5 Å². The van der Waals surface area contributed by atoms with E-state index >= 15 is 0 Å². The van der Waals surface area contributed by atoms with Crippen LogP contribution in [0.3, 0.4) is 0 Å². The van der Waals surface area contributed by atoms with Crippen molar-refractivity contribution in [3.05, 3.63) is 23.3 Å². The number of unbranched alkanes of at least 4 members (excludes halogenated alkanes) is 1. The zero-order valence-corrected chi connectivity index (χ0v) is 14.1. The van der Waals surface area contributed by atoms with Gasteiger partial charge in [0, 0.05) is 11.1 Å². The van der Waals surface area contributed by atoms with E-state index in [1.165, 1.54) is 0 Å². The summed E-state index contributed by atoms with van der Waals surface area (Å²) in [7, 11) is 0. The summed E-state index contributed by atoms with van der Waals surface area (Å²) in [4.78, 5) is 0. The zero-order valence-electron chi connectivity index (χ0n) is 14.1. The van der Waals surface area contributed by atoms with Crippen molar-refractivity contribution in [2.75, 3.05) is 6.61 Å². The van der Waals surface area contributed by atoms with Gasteiger partial charge in [-0.25, -0.2) is 0 Å². The van der Waals surface area contributed by atoms with E-state index in [4.69, 9.17) is 4.74 Å². The number of phenolic OH excluding ortho intramolecular Hbond substituents is 1. The van der Waals surface area contributed by atoms with E-state index in [0.717, 1.165) is 36.3 Å². The van der Waals surface area contributed by atoms with Gasteiger partial charge in [0.1, 0.15) is 11.5 Å². The van der Waals surface area contributed by atoms with E-state index in [-0.39, 0.29) is 10.8 Å². The molecule has 1 aromatic rings. The van der Waals surface area contributed by atoms with Gasteiger partial charge in [-0.05, 0) is 29.4 Å². The Hall–Kier alpha value is -1.18. The third-order valence-corrected chi connectivity index (χ3v) is 3.47. The maximum atomic E-state index is 10.3. The molecule has 1 N–H and O–H groups in total. The number of ether oxygens (including phenoxy) is 1. The predicted molar refractivity (Wildman–Crippen MR) is 85.9 cm³/mol. The molecule has 0 bridgehead atoms. The second-order valence-corrected chi connectivity index (χ2v) is 7.57. The highest BCUT2D eigenvalue weighted by atomic mass is 16.5. The van der Waals surface area contributed by atoms with Crippen LogP contribution < -0.4 is 4.74 Å². The monoisotopic (exact) mass is 278 g/mol. The predicted octanol–water partition coefficient (Wildman–Crippen LogP) is 5.17. The summed E-state index contributed by atoms with van der Waals surface area (Å²) in [6.45, 7) is 15.6. The number of benzene rings is 1. The highest BCUT2D eigenvalue weighted by Gasteiger charge is 2.25. The van der Waals surface area contributed by atoms with Crippen LogP contribution in [0.1, 0.15) is 72.4 Å². The van der Waals surface area contributed by atoms with E-state index in [1.807, 2.05) is 12.1 Å². The molecule has 1 rings (SSSR count). The first kappa shape index (κ1) is 16.9. The highest BCUT2D eigenvalue weighted by Crippen LogP contribution is 2.40. The molecular formula is C18H30O2. The summed E-state index contributed by atoms with van der Waals surface area (Å²) < 4.78 is 5.98. The summed E-state index contributed by atoms with van der Waals surface area (Å²) in [6.07, 6.45) is 2.17. The van der Waals surface area contributed by atoms with Crippen molar-refractivity contribution in [1.29, 1.82) is 0 Å². The molecule has 0 heterocycles. The quantitative estimate of drug-likeness (QED) is 0.770. The van der Waals surface area contributed by atoms with Crippen LogP contribution in [0.4, 0.5) is 0 Å². The standard InChI is InChI=1S/C18H30O2/c1-8-9-10-20-16-12-13(17(2,3)4)15(19)11-14(16)18(5,6)7/h11-12,19H,8-10H2,1-7H3. The molecule has 0 spiro atoms. The Balaban J connectivity index is 3.27. The molecule has 114 valence electrons. The largest absolute Gasteiger partial charge is 0.508 e. The molecular weight excluding hydrogens is 248 g/mol. The van der Waals surface area contributed by atoms with Gasteiger partial charge < -0.3 is 9.84 Å². The van der Waals surface area contributed by atoms with Crippen LogP contribution in [0, 0.1) is 0 Å². The van der Waals surface area contributed by atoms with Gasteiger partial charge in [0.2, 0.25) is 0 Å². The molecule has 0 atom stereocenters. The van der Waals surface area contributed by atoms with Crippen LogP contribution in [-0.2, 0) is 10.8 Å². The SMILES string of the molecule is CCCCOc1cc(C(C)(C)C)c(O)cc1C(C)(C)C. The van der Waals surface area contributed by atoms with Gasteiger partial charge in [-0.15, -0.1) is 0 Å². The molecule has 0 aliphatic heterocycles. The Morgan fingerprint density at radius 3 is 1.95 bits per heavy atom. The molecule has 0 saturated carbocycles. The minimum Gasteiger partial charge on any atom is -0.508 e. The van der Waals surface area contributed by atoms with E-state index < -0.39 is 0 Å². The molecule has 2 heteroatoms. The summed E-state index contributed by atoms with van der Waals surface area (Å²) in [5, 5.41) is 10.3. The van der Waals surface area contributed by atoms with Gasteiger partial charge in [-0.2, -0.15) is 0 Å². The van der Waals surface area contributed by atoms with Crippen molar-refractivity contribution >= 4 is 0 Å². The molecule has 0 radical (unpaired) electrons. The number of hydrogen-bond donors (Lipinski definition) is 1. The van der Waals surface area contributed by atoms with Crippen molar-refractivity contribution in [2.45, 2.75) is 72.1 Å². The normalized spacial score (nSPS) is 12.6. The Kier molecular flexibility index (Phi) is 5.12. The Labute approximate surface area is 124 Å². The molecule has 0 amide bonds. The molecule has 0 unspecified atom stereocenters. The summed E-state index contributed by atoms with van der Waals surface area (Å²) in [5.41, 5.74) is 1.87. The van der Waals surface area contributed by atoms with E-state index in [0.29, 0.717) is 5.75 Å². The highest BCUT2D eigenvalue weighted by molar-refractivity contribution is 5.51. The first-order valence-electron chi connectivity index (χ1n) is 7.58. The maximum Gasteiger partial charge on any atom is 0.123 e. The molecule has 0 aliphatic carbocycles. The smallest absolute Gasteiger partial charge is 0.123 e. The fourth-order valence-corrected chi connectivity index (χ4v) is 2.20. The fourth-order valence-electron chi connectivity index (χ4n) is 2.20. The fraction of sp³-hybridized carbons (Fsp3) is 0.667. The Morgan fingerprint density at radius 1 is 0.950 bits per heavy atom. The van der Waals surface area contributed by atoms with Gasteiger partial charge in [0.05, 0.1) is 6.61 Å². The zero-order chi connectivity index (χ0) is 15.6. The first-order chi connectivity index (χ1) is 9.07. The lowest BCUT2D eigenvalue weighted by atomic mass is 9.81. The van der Waals surface area contributed by atoms with Crippen LogP contribution in [-0.4, -0.2) is 11.7 Å². The summed E-state index contributed by atoms with van der Waals surface area (Å²) >= 11 is 0. The third kappa shape index (κ3) is 4.16. The molecule has 0 saturated heterocycles. The Morgan fingerprint density at radius 2 is 1.50 bits per heavy atom.